The van der Waals surface area contributed by atoms with Crippen molar-refractivity contribution in [3.63, 3.8) is 0 Å². The van der Waals surface area contributed by atoms with Crippen molar-refractivity contribution < 1.29 is 9.53 Å². The van der Waals surface area contributed by atoms with Crippen LogP contribution < -0.4 is 5.32 Å². The zero-order valence-corrected chi connectivity index (χ0v) is 12.0. The van der Waals surface area contributed by atoms with Crippen LogP contribution in [0.5, 0.6) is 0 Å². The Labute approximate surface area is 117 Å². The van der Waals surface area contributed by atoms with Crippen molar-refractivity contribution in [2.24, 2.45) is 0 Å². The number of nitrogens with one attached hydrogen (secondary N) is 1. The number of hydrogen-bond acceptors (Lipinski definition) is 4. The highest BCUT2D eigenvalue weighted by Crippen LogP contribution is 2.27. The van der Waals surface area contributed by atoms with Crippen LogP contribution in [0.15, 0.2) is 16.8 Å². The van der Waals surface area contributed by atoms with Crippen molar-refractivity contribution in [2.75, 3.05) is 19.6 Å². The molecular weight excluding hydrogens is 260 g/mol. The minimum Gasteiger partial charge on any atom is -0.367 e. The first-order chi connectivity index (χ1) is 9.24. The number of carbonyl (C=O) groups excluding carboxylic acids is 1. The van der Waals surface area contributed by atoms with E-state index in [0.717, 1.165) is 19.4 Å². The van der Waals surface area contributed by atoms with Crippen LogP contribution in [0, 0.1) is 0 Å². The Bertz CT molecular complexity index is 429. The zero-order valence-electron chi connectivity index (χ0n) is 11.2. The summed E-state index contributed by atoms with van der Waals surface area (Å²) in [5, 5.41) is 7.46. The fourth-order valence-corrected chi connectivity index (χ4v) is 3.59. The van der Waals surface area contributed by atoms with Crippen molar-refractivity contribution >= 4 is 17.2 Å². The van der Waals surface area contributed by atoms with E-state index in [1.165, 1.54) is 5.56 Å². The van der Waals surface area contributed by atoms with Gasteiger partial charge < -0.3 is 15.0 Å². The minimum atomic E-state index is 0.0217. The Morgan fingerprint density at radius 2 is 2.42 bits per heavy atom. The molecular formula is C14H20N2O2S. The number of rotatable bonds is 2. The van der Waals surface area contributed by atoms with Crippen molar-refractivity contribution in [3.05, 3.63) is 22.4 Å². The van der Waals surface area contributed by atoms with E-state index in [0.29, 0.717) is 13.1 Å². The summed E-state index contributed by atoms with van der Waals surface area (Å²) in [5.74, 6) is 0.243. The Morgan fingerprint density at radius 1 is 1.53 bits per heavy atom. The van der Waals surface area contributed by atoms with Gasteiger partial charge in [0.2, 0.25) is 5.91 Å². The summed E-state index contributed by atoms with van der Waals surface area (Å²) in [6, 6.07) is 2.11. The molecule has 2 saturated heterocycles. The van der Waals surface area contributed by atoms with Gasteiger partial charge in [-0.2, -0.15) is 11.3 Å². The van der Waals surface area contributed by atoms with E-state index >= 15 is 0 Å². The van der Waals surface area contributed by atoms with Gasteiger partial charge in [0.1, 0.15) is 6.10 Å². The van der Waals surface area contributed by atoms with Gasteiger partial charge >= 0.3 is 0 Å². The van der Waals surface area contributed by atoms with Crippen molar-refractivity contribution in [3.8, 4) is 0 Å². The first kappa shape index (κ1) is 13.1. The van der Waals surface area contributed by atoms with Gasteiger partial charge in [-0.15, -0.1) is 0 Å². The van der Waals surface area contributed by atoms with Crippen LogP contribution in [0.25, 0.3) is 0 Å². The van der Waals surface area contributed by atoms with E-state index in [9.17, 15) is 4.79 Å². The molecule has 1 amide bonds. The second kappa shape index (κ2) is 5.61. The van der Waals surface area contributed by atoms with Crippen LogP contribution in [0.1, 0.15) is 31.4 Å². The van der Waals surface area contributed by atoms with Gasteiger partial charge in [-0.05, 0) is 48.7 Å². The van der Waals surface area contributed by atoms with E-state index in [2.05, 4.69) is 22.1 Å². The molecule has 3 unspecified atom stereocenters. The molecule has 3 atom stereocenters. The third kappa shape index (κ3) is 2.83. The number of ether oxygens (including phenoxy) is 1. The number of thiophene rings is 1. The summed E-state index contributed by atoms with van der Waals surface area (Å²) < 4.78 is 5.97. The van der Waals surface area contributed by atoms with Gasteiger partial charge in [-0.25, -0.2) is 0 Å². The fourth-order valence-electron chi connectivity index (χ4n) is 2.89. The molecule has 0 aromatic carbocycles. The summed E-state index contributed by atoms with van der Waals surface area (Å²) in [5.41, 5.74) is 1.19. The average Bonchev–Trinajstić information content (AvgIpc) is 3.10. The monoisotopic (exact) mass is 280 g/mol. The highest BCUT2D eigenvalue weighted by molar-refractivity contribution is 7.07. The van der Waals surface area contributed by atoms with Gasteiger partial charge in [0.05, 0.1) is 18.7 Å². The summed E-state index contributed by atoms with van der Waals surface area (Å²) in [6.45, 7) is 4.39. The maximum absolute atomic E-state index is 12.5. The largest absolute Gasteiger partial charge is 0.367 e. The number of amides is 1. The highest BCUT2D eigenvalue weighted by Gasteiger charge is 2.33. The molecule has 19 heavy (non-hydrogen) atoms. The molecule has 2 aliphatic rings. The third-order valence-corrected chi connectivity index (χ3v) is 4.55. The summed E-state index contributed by atoms with van der Waals surface area (Å²) in [7, 11) is 0. The van der Waals surface area contributed by atoms with Crippen LogP contribution in [0.4, 0.5) is 0 Å². The number of morpholine rings is 1. The van der Waals surface area contributed by atoms with Gasteiger partial charge in [0, 0.05) is 6.54 Å². The van der Waals surface area contributed by atoms with Crippen molar-refractivity contribution in [1.29, 1.82) is 0 Å². The van der Waals surface area contributed by atoms with Crippen LogP contribution in [-0.4, -0.2) is 42.6 Å². The first-order valence-electron chi connectivity index (χ1n) is 6.94. The standard InChI is InChI=1S/C14H20N2O2S/c1-10-7-16(14(17)12-3-2-5-15-12)8-13(18-10)11-4-6-19-9-11/h4,6,9-10,12-13,15H,2-3,5,7-8H2,1H3. The predicted octanol–water partition coefficient (Wildman–Crippen LogP) is 1.79. The maximum atomic E-state index is 12.5. The molecule has 0 radical (unpaired) electrons. The number of nitrogens with zero attached hydrogens (tertiary/aromatic N) is 1. The van der Waals surface area contributed by atoms with E-state index < -0.39 is 0 Å². The third-order valence-electron chi connectivity index (χ3n) is 3.85. The van der Waals surface area contributed by atoms with E-state index in [-0.39, 0.29) is 24.2 Å². The Balaban J connectivity index is 1.69. The number of carbonyl (C=O) groups is 1. The lowest BCUT2D eigenvalue weighted by Crippen LogP contribution is -2.51. The highest BCUT2D eigenvalue weighted by atomic mass is 32.1. The zero-order chi connectivity index (χ0) is 13.2. The molecule has 2 fully saturated rings. The van der Waals surface area contributed by atoms with Gasteiger partial charge in [-0.1, -0.05) is 0 Å². The minimum absolute atomic E-state index is 0.0217. The topological polar surface area (TPSA) is 41.6 Å². The van der Waals surface area contributed by atoms with Crippen LogP contribution in [-0.2, 0) is 9.53 Å². The molecule has 3 rings (SSSR count). The molecule has 3 heterocycles. The normalized spacial score (nSPS) is 31.6. The average molecular weight is 280 g/mol. The van der Waals surface area contributed by atoms with Crippen LogP contribution >= 0.6 is 11.3 Å². The SMILES string of the molecule is CC1CN(C(=O)C2CCCN2)CC(c2ccsc2)O1. The Kier molecular flexibility index (Phi) is 3.86. The first-order valence-corrected chi connectivity index (χ1v) is 7.88. The van der Waals surface area contributed by atoms with E-state index in [4.69, 9.17) is 4.74 Å². The smallest absolute Gasteiger partial charge is 0.239 e. The molecule has 4 nitrogen and oxygen atoms in total. The fraction of sp³-hybridized carbons (Fsp3) is 0.643. The van der Waals surface area contributed by atoms with E-state index in [1.807, 2.05) is 11.8 Å². The second-order valence-electron chi connectivity index (χ2n) is 5.38. The molecule has 5 heteroatoms. The molecule has 1 N–H and O–H groups in total. The second-order valence-corrected chi connectivity index (χ2v) is 6.16. The molecule has 0 spiro atoms. The van der Waals surface area contributed by atoms with Gasteiger partial charge in [0.15, 0.2) is 0 Å². The number of hydrogen-bond donors (Lipinski definition) is 1. The van der Waals surface area contributed by atoms with Gasteiger partial charge in [-0.3, -0.25) is 4.79 Å². The van der Waals surface area contributed by atoms with Crippen LogP contribution in [0.2, 0.25) is 0 Å². The molecule has 1 aromatic heterocycles. The molecule has 0 aliphatic carbocycles. The molecule has 2 aliphatic heterocycles. The van der Waals surface area contributed by atoms with Crippen LogP contribution in [0.3, 0.4) is 0 Å². The summed E-state index contributed by atoms with van der Waals surface area (Å²) in [4.78, 5) is 14.4. The molecule has 0 bridgehead atoms. The molecule has 1 aromatic rings. The molecule has 104 valence electrons. The van der Waals surface area contributed by atoms with Crippen molar-refractivity contribution in [1.82, 2.24) is 10.2 Å². The predicted molar refractivity (Wildman–Crippen MR) is 75.2 cm³/mol. The van der Waals surface area contributed by atoms with Gasteiger partial charge in [0.25, 0.3) is 0 Å². The quantitative estimate of drug-likeness (QED) is 0.898. The Hall–Kier alpha value is -0.910. The lowest BCUT2D eigenvalue weighted by atomic mass is 10.1. The molecule has 0 saturated carbocycles. The van der Waals surface area contributed by atoms with Crippen molar-refractivity contribution in [2.45, 2.75) is 38.0 Å². The lowest BCUT2D eigenvalue weighted by Gasteiger charge is -2.37. The van der Waals surface area contributed by atoms with E-state index in [1.54, 1.807) is 11.3 Å². The lowest BCUT2D eigenvalue weighted by molar-refractivity contribution is -0.146. The summed E-state index contributed by atoms with van der Waals surface area (Å²) in [6.07, 6.45) is 2.20. The maximum Gasteiger partial charge on any atom is 0.239 e. The summed E-state index contributed by atoms with van der Waals surface area (Å²) >= 11 is 1.67. The Morgan fingerprint density at radius 3 is 3.11 bits per heavy atom.